The number of nitrogens with two attached hydrogens (primary N) is 1. The third-order valence-corrected chi connectivity index (χ3v) is 3.19. The van der Waals surface area contributed by atoms with E-state index in [2.05, 4.69) is 0 Å². The van der Waals surface area contributed by atoms with E-state index in [1.807, 2.05) is 6.92 Å². The van der Waals surface area contributed by atoms with Crippen LogP contribution in [-0.2, 0) is 14.3 Å². The summed E-state index contributed by atoms with van der Waals surface area (Å²) < 4.78 is 4.84. The van der Waals surface area contributed by atoms with Crippen molar-refractivity contribution in [3.8, 4) is 0 Å². The number of hydrogen-bond donors (Lipinski definition) is 2. The van der Waals surface area contributed by atoms with Gasteiger partial charge in [0.25, 0.3) is 0 Å². The lowest BCUT2D eigenvalue weighted by Crippen LogP contribution is -2.34. The van der Waals surface area contributed by atoms with E-state index in [1.54, 1.807) is 6.92 Å². The molecule has 0 aromatic rings. The smallest absolute Gasteiger partial charge is 0.321 e. The molecule has 0 saturated carbocycles. The third kappa shape index (κ3) is 5.64. The van der Waals surface area contributed by atoms with E-state index in [4.69, 9.17) is 15.6 Å². The van der Waals surface area contributed by atoms with Gasteiger partial charge in [-0.25, -0.2) is 0 Å². The summed E-state index contributed by atoms with van der Waals surface area (Å²) in [5, 5.41) is 8.23. The molecule has 0 aromatic heterocycles. The Morgan fingerprint density at radius 2 is 2.07 bits per heavy atom. The summed E-state index contributed by atoms with van der Waals surface area (Å²) in [6.07, 6.45) is 0.607. The van der Waals surface area contributed by atoms with Gasteiger partial charge >= 0.3 is 11.9 Å². The summed E-state index contributed by atoms with van der Waals surface area (Å²) in [7, 11) is 0. The average Bonchev–Trinajstić information content (AvgIpc) is 2.18. The SMILES string of the molecule is CCOC(=O)C(CC)SC[C@H](N)C(=O)O. The zero-order chi connectivity index (χ0) is 11.8. The second kappa shape index (κ2) is 7.53. The van der Waals surface area contributed by atoms with Crippen LogP contribution in [0.4, 0.5) is 0 Å². The van der Waals surface area contributed by atoms with Gasteiger partial charge in [0, 0.05) is 5.75 Å². The van der Waals surface area contributed by atoms with Crippen LogP contribution in [-0.4, -0.2) is 40.7 Å². The molecule has 0 saturated heterocycles. The first-order valence-corrected chi connectivity index (χ1v) is 5.84. The molecule has 0 spiro atoms. The molecular weight excluding hydrogens is 218 g/mol. The lowest BCUT2D eigenvalue weighted by Gasteiger charge is -2.14. The highest BCUT2D eigenvalue weighted by Gasteiger charge is 2.21. The molecule has 0 aromatic carbocycles. The molecule has 6 heteroatoms. The van der Waals surface area contributed by atoms with Gasteiger partial charge in [-0.15, -0.1) is 11.8 Å². The van der Waals surface area contributed by atoms with Gasteiger partial charge in [-0.2, -0.15) is 0 Å². The van der Waals surface area contributed by atoms with Gasteiger partial charge in [-0.1, -0.05) is 6.92 Å². The highest BCUT2D eigenvalue weighted by atomic mass is 32.2. The van der Waals surface area contributed by atoms with Crippen molar-refractivity contribution in [2.24, 2.45) is 5.73 Å². The fourth-order valence-electron chi connectivity index (χ4n) is 0.879. The van der Waals surface area contributed by atoms with Crippen LogP contribution in [0.15, 0.2) is 0 Å². The van der Waals surface area contributed by atoms with Crippen molar-refractivity contribution in [3.63, 3.8) is 0 Å². The van der Waals surface area contributed by atoms with Crippen molar-refractivity contribution < 1.29 is 19.4 Å². The van der Waals surface area contributed by atoms with Gasteiger partial charge in [0.1, 0.15) is 11.3 Å². The predicted octanol–water partition coefficient (Wildman–Crippen LogP) is 0.473. The molecule has 0 bridgehead atoms. The van der Waals surface area contributed by atoms with Crippen LogP contribution in [0.1, 0.15) is 20.3 Å². The fourth-order valence-corrected chi connectivity index (χ4v) is 1.90. The first-order chi connectivity index (χ1) is 7.02. The number of ether oxygens (including phenoxy) is 1. The second-order valence-corrected chi connectivity index (χ2v) is 4.16. The van der Waals surface area contributed by atoms with Gasteiger partial charge in [-0.05, 0) is 13.3 Å². The van der Waals surface area contributed by atoms with Crippen molar-refractivity contribution in [2.75, 3.05) is 12.4 Å². The van der Waals surface area contributed by atoms with Crippen LogP contribution in [0.5, 0.6) is 0 Å². The summed E-state index contributed by atoms with van der Waals surface area (Å²) in [6.45, 7) is 3.92. The Morgan fingerprint density at radius 3 is 2.47 bits per heavy atom. The lowest BCUT2D eigenvalue weighted by molar-refractivity contribution is -0.142. The molecule has 15 heavy (non-hydrogen) atoms. The standard InChI is InChI=1S/C9H17NO4S/c1-3-7(9(13)14-4-2)15-5-6(10)8(11)12/h6-7H,3-5,10H2,1-2H3,(H,11,12)/t6-,7?/m0/s1. The van der Waals surface area contributed by atoms with Gasteiger partial charge in [0.15, 0.2) is 0 Å². The van der Waals surface area contributed by atoms with E-state index >= 15 is 0 Å². The van der Waals surface area contributed by atoms with Crippen LogP contribution in [0.2, 0.25) is 0 Å². The molecule has 88 valence electrons. The topological polar surface area (TPSA) is 89.6 Å². The minimum Gasteiger partial charge on any atom is -0.480 e. The van der Waals surface area contributed by atoms with E-state index in [1.165, 1.54) is 11.8 Å². The Labute approximate surface area is 93.4 Å². The number of esters is 1. The molecule has 0 heterocycles. The van der Waals surface area contributed by atoms with E-state index in [0.29, 0.717) is 13.0 Å². The Balaban J connectivity index is 3.99. The highest BCUT2D eigenvalue weighted by Crippen LogP contribution is 2.16. The quantitative estimate of drug-likeness (QED) is 0.624. The molecule has 3 N–H and O–H groups in total. The number of hydrogen-bond acceptors (Lipinski definition) is 5. The summed E-state index contributed by atoms with van der Waals surface area (Å²) in [6, 6.07) is -0.932. The summed E-state index contributed by atoms with van der Waals surface area (Å²) in [5.74, 6) is -1.14. The number of aliphatic carboxylic acids is 1. The van der Waals surface area contributed by atoms with E-state index in [0.717, 1.165) is 0 Å². The average molecular weight is 235 g/mol. The molecule has 0 aliphatic heterocycles. The second-order valence-electron chi connectivity index (χ2n) is 2.93. The first kappa shape index (κ1) is 14.2. The Hall–Kier alpha value is -0.750. The minimum absolute atomic E-state index is 0.215. The van der Waals surface area contributed by atoms with Crippen molar-refractivity contribution in [3.05, 3.63) is 0 Å². The maximum atomic E-state index is 11.3. The minimum atomic E-state index is -1.05. The van der Waals surface area contributed by atoms with Crippen LogP contribution in [0.3, 0.4) is 0 Å². The third-order valence-electron chi connectivity index (χ3n) is 1.71. The summed E-state index contributed by atoms with van der Waals surface area (Å²) in [4.78, 5) is 21.8. The normalized spacial score (nSPS) is 14.3. The Kier molecular flexibility index (Phi) is 7.15. The molecular formula is C9H17NO4S. The highest BCUT2D eigenvalue weighted by molar-refractivity contribution is 8.00. The summed E-state index contributed by atoms with van der Waals surface area (Å²) >= 11 is 1.23. The first-order valence-electron chi connectivity index (χ1n) is 4.79. The van der Waals surface area contributed by atoms with E-state index in [9.17, 15) is 9.59 Å². The van der Waals surface area contributed by atoms with Gasteiger partial charge in [0.2, 0.25) is 0 Å². The van der Waals surface area contributed by atoms with E-state index < -0.39 is 12.0 Å². The van der Waals surface area contributed by atoms with Crippen LogP contribution < -0.4 is 5.73 Å². The Morgan fingerprint density at radius 1 is 1.47 bits per heavy atom. The molecule has 0 aliphatic carbocycles. The number of carbonyl (C=O) groups excluding carboxylic acids is 1. The monoisotopic (exact) mass is 235 g/mol. The molecule has 0 amide bonds. The molecule has 0 radical (unpaired) electrons. The summed E-state index contributed by atoms with van der Waals surface area (Å²) in [5.41, 5.74) is 5.32. The van der Waals surface area contributed by atoms with Gasteiger partial charge in [0.05, 0.1) is 6.61 Å². The maximum Gasteiger partial charge on any atom is 0.321 e. The van der Waals surface area contributed by atoms with Gasteiger partial charge in [-0.3, -0.25) is 9.59 Å². The van der Waals surface area contributed by atoms with Crippen molar-refractivity contribution in [2.45, 2.75) is 31.6 Å². The van der Waals surface area contributed by atoms with Crippen molar-refractivity contribution in [1.29, 1.82) is 0 Å². The maximum absolute atomic E-state index is 11.3. The molecule has 0 rings (SSSR count). The largest absolute Gasteiger partial charge is 0.480 e. The number of rotatable bonds is 7. The van der Waals surface area contributed by atoms with Crippen LogP contribution in [0.25, 0.3) is 0 Å². The van der Waals surface area contributed by atoms with Crippen molar-refractivity contribution in [1.82, 2.24) is 0 Å². The zero-order valence-corrected chi connectivity index (χ0v) is 9.75. The van der Waals surface area contributed by atoms with Crippen LogP contribution in [0, 0.1) is 0 Å². The number of carboxylic acid groups (broad SMARTS) is 1. The van der Waals surface area contributed by atoms with Crippen molar-refractivity contribution >= 4 is 23.7 Å². The fraction of sp³-hybridized carbons (Fsp3) is 0.778. The molecule has 5 nitrogen and oxygen atoms in total. The van der Waals surface area contributed by atoms with E-state index in [-0.39, 0.29) is 17.0 Å². The number of carboxylic acids is 1. The molecule has 2 atom stereocenters. The molecule has 0 fully saturated rings. The molecule has 0 aliphatic rings. The zero-order valence-electron chi connectivity index (χ0n) is 8.93. The lowest BCUT2D eigenvalue weighted by atomic mass is 10.3. The number of carbonyl (C=O) groups is 2. The van der Waals surface area contributed by atoms with Gasteiger partial charge < -0.3 is 15.6 Å². The number of thioether (sulfide) groups is 1. The molecule has 1 unspecified atom stereocenters. The predicted molar refractivity (Wildman–Crippen MR) is 58.8 cm³/mol. The Bertz CT molecular complexity index is 222. The van der Waals surface area contributed by atoms with Crippen LogP contribution >= 0.6 is 11.8 Å².